The van der Waals surface area contributed by atoms with Gasteiger partial charge in [-0.15, -0.1) is 6.42 Å². The van der Waals surface area contributed by atoms with Crippen molar-refractivity contribution in [1.82, 2.24) is 24.4 Å². The summed E-state index contributed by atoms with van der Waals surface area (Å²) in [7, 11) is 0. The second-order valence-corrected chi connectivity index (χ2v) is 12.0. The average molecular weight is 667 g/mol. The first kappa shape index (κ1) is 34.7. The standard InChI is InChI=1S/C34H43ClN6O6/c1-3-5-13-40-27-6-7-29(35)37-32(27)38-30(40)25-41-28-24-36-12-8-26(28)34(33(41)43)10-14-39(15-11-34)31(42)9-17-45-19-21-47-23-22-46-20-18-44-16-4-2/h2,6-8,12,24H,3,5,9-11,13-23,25H2,1H3. The Labute approximate surface area is 280 Å². The molecule has 0 saturated carbocycles. The number of likely N-dealkylation sites (tertiary alicyclic amines) is 1. The summed E-state index contributed by atoms with van der Waals surface area (Å²) in [6.45, 7) is 7.45. The van der Waals surface area contributed by atoms with Gasteiger partial charge in [-0.3, -0.25) is 14.6 Å². The molecule has 1 fully saturated rings. The number of unbranched alkanes of at least 4 members (excludes halogenated alkanes) is 1. The Morgan fingerprint density at radius 1 is 1.00 bits per heavy atom. The topological polar surface area (TPSA) is 121 Å². The molecule has 2 aliphatic rings. The second kappa shape index (κ2) is 17.0. The van der Waals surface area contributed by atoms with Crippen molar-refractivity contribution < 1.29 is 28.5 Å². The van der Waals surface area contributed by atoms with Crippen molar-refractivity contribution in [2.75, 3.05) is 70.8 Å². The van der Waals surface area contributed by atoms with E-state index in [0.29, 0.717) is 89.5 Å². The van der Waals surface area contributed by atoms with Crippen LogP contribution in [0.1, 0.15) is 50.4 Å². The summed E-state index contributed by atoms with van der Waals surface area (Å²) in [6.07, 6.45) is 12.0. The maximum absolute atomic E-state index is 14.3. The number of ether oxygens (including phenoxy) is 4. The first-order valence-electron chi connectivity index (χ1n) is 16.3. The molecule has 252 valence electrons. The summed E-state index contributed by atoms with van der Waals surface area (Å²) in [5, 5.41) is 0.383. The van der Waals surface area contributed by atoms with E-state index in [1.807, 2.05) is 21.9 Å². The number of terminal acetylenes is 1. The van der Waals surface area contributed by atoms with Gasteiger partial charge in [-0.25, -0.2) is 9.97 Å². The maximum atomic E-state index is 14.3. The van der Waals surface area contributed by atoms with Crippen LogP contribution < -0.4 is 4.90 Å². The molecule has 1 saturated heterocycles. The van der Waals surface area contributed by atoms with Crippen LogP contribution in [-0.4, -0.2) is 102 Å². The summed E-state index contributed by atoms with van der Waals surface area (Å²) in [4.78, 5) is 44.5. The molecule has 1 spiro atoms. The number of carbonyl (C=O) groups excluding carboxylic acids is 2. The number of hydrogen-bond acceptors (Lipinski definition) is 9. The quantitative estimate of drug-likeness (QED) is 0.113. The molecule has 0 unspecified atom stereocenters. The molecule has 0 atom stereocenters. The van der Waals surface area contributed by atoms with Crippen LogP contribution in [0, 0.1) is 12.3 Å². The molecule has 3 aromatic heterocycles. The van der Waals surface area contributed by atoms with Gasteiger partial charge in [-0.1, -0.05) is 30.9 Å². The molecule has 13 heteroatoms. The van der Waals surface area contributed by atoms with Gasteiger partial charge in [0, 0.05) is 25.8 Å². The number of hydrogen-bond donors (Lipinski definition) is 0. The fourth-order valence-electron chi connectivity index (χ4n) is 6.24. The molecule has 12 nitrogen and oxygen atoms in total. The first-order chi connectivity index (χ1) is 23.0. The Kier molecular flexibility index (Phi) is 12.6. The van der Waals surface area contributed by atoms with Gasteiger partial charge < -0.3 is 33.3 Å². The monoisotopic (exact) mass is 666 g/mol. The largest absolute Gasteiger partial charge is 0.379 e. The highest BCUT2D eigenvalue weighted by atomic mass is 35.5. The van der Waals surface area contributed by atoms with Gasteiger partial charge in [0.1, 0.15) is 17.6 Å². The van der Waals surface area contributed by atoms with Gasteiger partial charge in [0.25, 0.3) is 0 Å². The van der Waals surface area contributed by atoms with E-state index in [4.69, 9.17) is 42.0 Å². The van der Waals surface area contributed by atoms with Crippen LogP contribution in [0.2, 0.25) is 5.15 Å². The lowest BCUT2D eigenvalue weighted by Gasteiger charge is -2.38. The number of pyridine rings is 2. The molecule has 0 bridgehead atoms. The van der Waals surface area contributed by atoms with Crippen LogP contribution in [-0.2, 0) is 47.0 Å². The van der Waals surface area contributed by atoms with Crippen molar-refractivity contribution in [2.24, 2.45) is 0 Å². The van der Waals surface area contributed by atoms with Crippen LogP contribution in [0.15, 0.2) is 30.6 Å². The first-order valence-corrected chi connectivity index (χ1v) is 16.7. The highest BCUT2D eigenvalue weighted by Gasteiger charge is 2.52. The predicted octanol–water partition coefficient (Wildman–Crippen LogP) is 3.78. The number of nitrogens with zero attached hydrogens (tertiary/aromatic N) is 6. The minimum Gasteiger partial charge on any atom is -0.379 e. The number of rotatable bonds is 18. The predicted molar refractivity (Wildman–Crippen MR) is 177 cm³/mol. The number of carbonyl (C=O) groups is 2. The zero-order valence-electron chi connectivity index (χ0n) is 27.0. The molecule has 0 aromatic carbocycles. The summed E-state index contributed by atoms with van der Waals surface area (Å²) < 4.78 is 23.8. The van der Waals surface area contributed by atoms with Gasteiger partial charge in [-0.2, -0.15) is 0 Å². The van der Waals surface area contributed by atoms with Gasteiger partial charge in [0.2, 0.25) is 11.8 Å². The fourth-order valence-corrected chi connectivity index (χ4v) is 6.38. The Morgan fingerprint density at radius 2 is 1.70 bits per heavy atom. The summed E-state index contributed by atoms with van der Waals surface area (Å²) >= 11 is 6.17. The average Bonchev–Trinajstić information content (AvgIpc) is 3.53. The molecule has 2 aliphatic heterocycles. The Hall–Kier alpha value is -3.60. The Bertz CT molecular complexity index is 1550. The van der Waals surface area contributed by atoms with Crippen LogP contribution in [0.4, 0.5) is 5.69 Å². The number of aromatic nitrogens is 4. The van der Waals surface area contributed by atoms with Crippen molar-refractivity contribution in [3.63, 3.8) is 0 Å². The van der Waals surface area contributed by atoms with Gasteiger partial charge in [-0.05, 0) is 43.0 Å². The normalized spacial score (nSPS) is 15.5. The van der Waals surface area contributed by atoms with E-state index in [2.05, 4.69) is 27.4 Å². The van der Waals surface area contributed by atoms with E-state index < -0.39 is 5.41 Å². The number of aryl methyl sites for hydroxylation is 1. The molecule has 2 amide bonds. The molecule has 47 heavy (non-hydrogen) atoms. The Morgan fingerprint density at radius 3 is 2.40 bits per heavy atom. The minimum absolute atomic E-state index is 0.0225. The SMILES string of the molecule is C#CCOCCOCCOCCOCCC(=O)N1CCC2(CC1)C(=O)N(Cc1nc3nc(Cl)ccc3n1CCCC)c1cnccc12. The van der Waals surface area contributed by atoms with Crippen molar-refractivity contribution >= 4 is 40.3 Å². The third kappa shape index (κ3) is 8.28. The molecule has 5 rings (SSSR count). The van der Waals surface area contributed by atoms with E-state index in [1.165, 1.54) is 0 Å². The van der Waals surface area contributed by atoms with Gasteiger partial charge in [0.15, 0.2) is 5.65 Å². The fraction of sp³-hybridized carbons (Fsp3) is 0.559. The maximum Gasteiger partial charge on any atom is 0.238 e. The van der Waals surface area contributed by atoms with Crippen molar-refractivity contribution in [3.05, 3.63) is 47.1 Å². The van der Waals surface area contributed by atoms with Crippen LogP contribution >= 0.6 is 11.6 Å². The molecular weight excluding hydrogens is 624 g/mol. The molecule has 3 aromatic rings. The summed E-state index contributed by atoms with van der Waals surface area (Å²) in [5.41, 5.74) is 2.53. The van der Waals surface area contributed by atoms with Crippen LogP contribution in [0.5, 0.6) is 0 Å². The van der Waals surface area contributed by atoms with Crippen LogP contribution in [0.3, 0.4) is 0 Å². The lowest BCUT2D eigenvalue weighted by atomic mass is 9.74. The molecule has 0 N–H and O–H groups in total. The van der Waals surface area contributed by atoms with E-state index in [9.17, 15) is 9.59 Å². The number of piperidine rings is 1. The van der Waals surface area contributed by atoms with E-state index in [0.717, 1.165) is 42.0 Å². The number of halogens is 1. The third-order valence-corrected chi connectivity index (χ3v) is 8.90. The summed E-state index contributed by atoms with van der Waals surface area (Å²) in [5.74, 6) is 3.21. The Balaban J connectivity index is 1.11. The number of imidazole rings is 1. The lowest BCUT2D eigenvalue weighted by Crippen LogP contribution is -2.50. The highest BCUT2D eigenvalue weighted by molar-refractivity contribution is 6.29. The van der Waals surface area contributed by atoms with Gasteiger partial charge >= 0.3 is 0 Å². The van der Waals surface area contributed by atoms with Crippen molar-refractivity contribution in [2.45, 2.75) is 57.5 Å². The molecule has 5 heterocycles. The molecular formula is C34H43ClN6O6. The highest BCUT2D eigenvalue weighted by Crippen LogP contribution is 2.48. The number of anilines is 1. The van der Waals surface area contributed by atoms with Crippen molar-refractivity contribution in [1.29, 1.82) is 0 Å². The summed E-state index contributed by atoms with van der Waals surface area (Å²) in [6, 6.07) is 5.65. The van der Waals surface area contributed by atoms with E-state index in [1.54, 1.807) is 18.5 Å². The zero-order chi connectivity index (χ0) is 33.1. The van der Waals surface area contributed by atoms with Gasteiger partial charge in [0.05, 0.1) is 82.0 Å². The van der Waals surface area contributed by atoms with E-state index in [-0.39, 0.29) is 24.8 Å². The molecule has 0 radical (unpaired) electrons. The van der Waals surface area contributed by atoms with Crippen molar-refractivity contribution in [3.8, 4) is 12.3 Å². The smallest absolute Gasteiger partial charge is 0.238 e. The van der Waals surface area contributed by atoms with Crippen LogP contribution in [0.25, 0.3) is 11.2 Å². The minimum atomic E-state index is -0.705. The van der Waals surface area contributed by atoms with E-state index >= 15 is 0 Å². The second-order valence-electron chi connectivity index (χ2n) is 11.6. The lowest BCUT2D eigenvalue weighted by molar-refractivity contribution is -0.136. The number of fused-ring (bicyclic) bond motifs is 3. The number of amides is 2. The zero-order valence-corrected chi connectivity index (χ0v) is 27.8. The third-order valence-electron chi connectivity index (χ3n) is 8.69. The molecule has 0 aliphatic carbocycles.